The third-order valence-corrected chi connectivity index (χ3v) is 3.10. The molecule has 0 aromatic carbocycles. The number of ether oxygens (including phenoxy) is 1. The highest BCUT2D eigenvalue weighted by Crippen LogP contribution is 2.23. The number of carbonyl (C=O) groups excluding carboxylic acids is 1. The van der Waals surface area contributed by atoms with E-state index in [4.69, 9.17) is 9.84 Å². The van der Waals surface area contributed by atoms with E-state index < -0.39 is 12.1 Å². The third kappa shape index (κ3) is 4.94. The van der Waals surface area contributed by atoms with Crippen LogP contribution in [0.3, 0.4) is 0 Å². The zero-order valence-electron chi connectivity index (χ0n) is 11.2. The van der Waals surface area contributed by atoms with Gasteiger partial charge in [0, 0.05) is 6.04 Å². The fourth-order valence-electron chi connectivity index (χ4n) is 2.20. The van der Waals surface area contributed by atoms with Gasteiger partial charge in [-0.15, -0.1) is 0 Å². The Kier molecular flexibility index (Phi) is 5.95. The minimum absolute atomic E-state index is 0.0227. The molecule has 18 heavy (non-hydrogen) atoms. The van der Waals surface area contributed by atoms with Crippen molar-refractivity contribution in [1.82, 2.24) is 4.90 Å². The molecule has 1 rings (SSSR count). The molecule has 1 saturated carbocycles. The Balaban J connectivity index is 2.58. The van der Waals surface area contributed by atoms with Crippen LogP contribution in [0.5, 0.6) is 0 Å². The SMILES string of the molecule is CC(C)COC(=O)N(CC(=O)O)C1CCCCC1. The molecule has 0 aromatic rings. The van der Waals surface area contributed by atoms with Crippen molar-refractivity contribution in [3.05, 3.63) is 0 Å². The number of rotatable bonds is 5. The van der Waals surface area contributed by atoms with E-state index in [0.717, 1.165) is 25.7 Å². The second-order valence-electron chi connectivity index (χ2n) is 5.28. The predicted octanol–water partition coefficient (Wildman–Crippen LogP) is 2.50. The Morgan fingerprint density at radius 1 is 1.28 bits per heavy atom. The quantitative estimate of drug-likeness (QED) is 0.821. The average Bonchev–Trinajstić information content (AvgIpc) is 2.34. The van der Waals surface area contributed by atoms with Crippen LogP contribution in [0.4, 0.5) is 4.79 Å². The van der Waals surface area contributed by atoms with E-state index in [2.05, 4.69) is 0 Å². The summed E-state index contributed by atoms with van der Waals surface area (Å²) in [6.07, 6.45) is 4.54. The molecule has 0 aliphatic heterocycles. The number of carboxylic acids is 1. The first-order valence-electron chi connectivity index (χ1n) is 6.66. The van der Waals surface area contributed by atoms with Gasteiger partial charge in [0.1, 0.15) is 6.54 Å². The molecular formula is C13H23NO4. The number of hydrogen-bond acceptors (Lipinski definition) is 3. The highest BCUT2D eigenvalue weighted by Gasteiger charge is 2.28. The second-order valence-corrected chi connectivity index (χ2v) is 5.28. The summed E-state index contributed by atoms with van der Waals surface area (Å²) in [5.41, 5.74) is 0. The van der Waals surface area contributed by atoms with Gasteiger partial charge in [0.2, 0.25) is 0 Å². The maximum Gasteiger partial charge on any atom is 0.410 e. The van der Waals surface area contributed by atoms with Crippen LogP contribution in [0.1, 0.15) is 46.0 Å². The Morgan fingerprint density at radius 3 is 2.39 bits per heavy atom. The molecule has 5 nitrogen and oxygen atoms in total. The first-order chi connectivity index (χ1) is 8.50. The van der Waals surface area contributed by atoms with Crippen LogP contribution in [0.25, 0.3) is 0 Å². The van der Waals surface area contributed by atoms with Crippen molar-refractivity contribution in [2.45, 2.75) is 52.0 Å². The van der Waals surface area contributed by atoms with E-state index in [0.29, 0.717) is 6.61 Å². The molecule has 0 aromatic heterocycles. The molecular weight excluding hydrogens is 234 g/mol. The molecule has 1 aliphatic carbocycles. The van der Waals surface area contributed by atoms with Crippen molar-refractivity contribution >= 4 is 12.1 Å². The number of hydrogen-bond donors (Lipinski definition) is 1. The first-order valence-corrected chi connectivity index (χ1v) is 6.66. The largest absolute Gasteiger partial charge is 0.480 e. The Hall–Kier alpha value is -1.26. The van der Waals surface area contributed by atoms with Gasteiger partial charge in [-0.3, -0.25) is 9.69 Å². The van der Waals surface area contributed by atoms with Gasteiger partial charge in [0.05, 0.1) is 6.61 Å². The van der Waals surface area contributed by atoms with E-state index in [1.54, 1.807) is 0 Å². The third-order valence-electron chi connectivity index (χ3n) is 3.10. The van der Waals surface area contributed by atoms with E-state index >= 15 is 0 Å². The van der Waals surface area contributed by atoms with Crippen LogP contribution >= 0.6 is 0 Å². The van der Waals surface area contributed by atoms with Crippen LogP contribution < -0.4 is 0 Å². The molecule has 0 saturated heterocycles. The summed E-state index contributed by atoms with van der Waals surface area (Å²) in [5.74, 6) is -0.728. The van der Waals surface area contributed by atoms with Gasteiger partial charge in [-0.25, -0.2) is 4.79 Å². The van der Waals surface area contributed by atoms with Gasteiger partial charge in [-0.2, -0.15) is 0 Å². The number of amides is 1. The second kappa shape index (κ2) is 7.24. The van der Waals surface area contributed by atoms with Crippen molar-refractivity contribution in [3.8, 4) is 0 Å². The van der Waals surface area contributed by atoms with Crippen molar-refractivity contribution in [1.29, 1.82) is 0 Å². The molecule has 1 amide bonds. The summed E-state index contributed by atoms with van der Waals surface area (Å²) in [7, 11) is 0. The van der Waals surface area contributed by atoms with E-state index in [-0.39, 0.29) is 18.5 Å². The summed E-state index contributed by atoms with van der Waals surface area (Å²) in [6.45, 7) is 3.98. The van der Waals surface area contributed by atoms with Gasteiger partial charge in [0.15, 0.2) is 0 Å². The highest BCUT2D eigenvalue weighted by atomic mass is 16.6. The maximum atomic E-state index is 11.9. The molecule has 0 heterocycles. The molecule has 1 aliphatic rings. The summed E-state index contributed by atoms with van der Waals surface area (Å²) in [5, 5.41) is 8.89. The van der Waals surface area contributed by atoms with Crippen molar-refractivity contribution < 1.29 is 19.4 Å². The van der Waals surface area contributed by atoms with Crippen LogP contribution in [0.2, 0.25) is 0 Å². The fourth-order valence-corrected chi connectivity index (χ4v) is 2.20. The molecule has 0 bridgehead atoms. The monoisotopic (exact) mass is 257 g/mol. The molecule has 0 spiro atoms. The van der Waals surface area contributed by atoms with E-state index in [9.17, 15) is 9.59 Å². The molecule has 1 N–H and O–H groups in total. The van der Waals surface area contributed by atoms with Gasteiger partial charge < -0.3 is 9.84 Å². The standard InChI is InChI=1S/C13H23NO4/c1-10(2)9-18-13(17)14(8-12(15)16)11-6-4-3-5-7-11/h10-11H,3-9H2,1-2H3,(H,15,16). The molecule has 0 atom stereocenters. The predicted molar refractivity (Wildman–Crippen MR) is 67.4 cm³/mol. The number of carbonyl (C=O) groups is 2. The topological polar surface area (TPSA) is 66.8 Å². The molecule has 1 fully saturated rings. The zero-order chi connectivity index (χ0) is 13.5. The lowest BCUT2D eigenvalue weighted by Crippen LogP contribution is -2.45. The summed E-state index contributed by atoms with van der Waals surface area (Å²) in [4.78, 5) is 24.1. The Morgan fingerprint density at radius 2 is 1.89 bits per heavy atom. The van der Waals surface area contributed by atoms with Crippen molar-refractivity contribution in [2.75, 3.05) is 13.2 Å². The van der Waals surface area contributed by atoms with Crippen LogP contribution in [-0.2, 0) is 9.53 Å². The van der Waals surface area contributed by atoms with Crippen LogP contribution in [-0.4, -0.2) is 41.3 Å². The van der Waals surface area contributed by atoms with Gasteiger partial charge in [0.25, 0.3) is 0 Å². The highest BCUT2D eigenvalue weighted by molar-refractivity contribution is 5.77. The molecule has 0 unspecified atom stereocenters. The maximum absolute atomic E-state index is 11.9. The normalized spacial score (nSPS) is 16.6. The Bertz CT molecular complexity index is 285. The van der Waals surface area contributed by atoms with E-state index in [1.165, 1.54) is 11.3 Å². The fraction of sp³-hybridized carbons (Fsp3) is 0.846. The van der Waals surface area contributed by atoms with Crippen molar-refractivity contribution in [3.63, 3.8) is 0 Å². The molecule has 0 radical (unpaired) electrons. The smallest absolute Gasteiger partial charge is 0.410 e. The molecule has 5 heteroatoms. The zero-order valence-corrected chi connectivity index (χ0v) is 11.2. The Labute approximate surface area is 108 Å². The summed E-state index contributed by atoms with van der Waals surface area (Å²) in [6, 6.07) is 0.0227. The first kappa shape index (κ1) is 14.8. The number of nitrogens with zero attached hydrogens (tertiary/aromatic N) is 1. The summed E-state index contributed by atoms with van der Waals surface area (Å²) >= 11 is 0. The number of aliphatic carboxylic acids is 1. The van der Waals surface area contributed by atoms with Gasteiger partial charge >= 0.3 is 12.1 Å². The average molecular weight is 257 g/mol. The van der Waals surface area contributed by atoms with Crippen molar-refractivity contribution in [2.24, 2.45) is 5.92 Å². The lowest BCUT2D eigenvalue weighted by Gasteiger charge is -2.32. The lowest BCUT2D eigenvalue weighted by atomic mass is 9.94. The number of carboxylic acid groups (broad SMARTS) is 1. The molecule has 104 valence electrons. The van der Waals surface area contributed by atoms with Gasteiger partial charge in [-0.1, -0.05) is 33.1 Å². The minimum Gasteiger partial charge on any atom is -0.480 e. The van der Waals surface area contributed by atoms with Crippen LogP contribution in [0.15, 0.2) is 0 Å². The summed E-state index contributed by atoms with van der Waals surface area (Å²) < 4.78 is 5.14. The van der Waals surface area contributed by atoms with Crippen LogP contribution in [0, 0.1) is 5.92 Å². The minimum atomic E-state index is -0.984. The van der Waals surface area contributed by atoms with Gasteiger partial charge in [-0.05, 0) is 18.8 Å². The van der Waals surface area contributed by atoms with E-state index in [1.807, 2.05) is 13.8 Å². The lowest BCUT2D eigenvalue weighted by molar-refractivity contribution is -0.138.